The predicted octanol–water partition coefficient (Wildman–Crippen LogP) is 8.60. The Hall–Kier alpha value is -1.56. The average molecular weight is 353 g/mol. The molecule has 0 saturated heterocycles. The molecule has 0 nitrogen and oxygen atoms in total. The van der Waals surface area contributed by atoms with E-state index in [1.807, 2.05) is 0 Å². The molecule has 0 spiro atoms. The molecule has 0 heterocycles. The van der Waals surface area contributed by atoms with Crippen LogP contribution < -0.4 is 0 Å². The van der Waals surface area contributed by atoms with E-state index in [2.05, 4.69) is 69.8 Å². The fourth-order valence-electron chi connectivity index (χ4n) is 3.34. The molecule has 0 saturated carbocycles. The van der Waals surface area contributed by atoms with E-state index >= 15 is 0 Å². The molecule has 0 aliphatic heterocycles. The molecule has 0 aromatic heterocycles. The van der Waals surface area contributed by atoms with Crippen molar-refractivity contribution in [1.82, 2.24) is 0 Å². The van der Waals surface area contributed by atoms with E-state index in [-0.39, 0.29) is 0 Å². The summed E-state index contributed by atoms with van der Waals surface area (Å²) in [6.07, 6.45) is 18.9. The summed E-state index contributed by atoms with van der Waals surface area (Å²) in [4.78, 5) is 0. The Labute approximate surface area is 163 Å². The van der Waals surface area contributed by atoms with Crippen LogP contribution in [0.2, 0.25) is 0 Å². The van der Waals surface area contributed by atoms with Gasteiger partial charge in [0.05, 0.1) is 0 Å². The molecule has 0 amide bonds. The summed E-state index contributed by atoms with van der Waals surface area (Å²) in [5.41, 5.74) is 5.46. The van der Waals surface area contributed by atoms with Gasteiger partial charge in [0, 0.05) is 0 Å². The third-order valence-electron chi connectivity index (χ3n) is 4.98. The number of allylic oxidation sites excluding steroid dienone is 5. The highest BCUT2D eigenvalue weighted by atomic mass is 14.1. The van der Waals surface area contributed by atoms with Crippen molar-refractivity contribution in [2.45, 2.75) is 91.4 Å². The molecule has 0 atom stereocenters. The van der Waals surface area contributed by atoms with Crippen molar-refractivity contribution in [3.05, 3.63) is 71.3 Å². The van der Waals surface area contributed by atoms with Gasteiger partial charge < -0.3 is 0 Å². The van der Waals surface area contributed by atoms with Crippen LogP contribution in [0, 0.1) is 0 Å². The predicted molar refractivity (Wildman–Crippen MR) is 119 cm³/mol. The van der Waals surface area contributed by atoms with Crippen LogP contribution in [0.15, 0.2) is 65.8 Å². The van der Waals surface area contributed by atoms with Crippen LogP contribution in [0.3, 0.4) is 0 Å². The van der Waals surface area contributed by atoms with Gasteiger partial charge in [0.2, 0.25) is 0 Å². The Morgan fingerprint density at radius 2 is 1.50 bits per heavy atom. The molecule has 0 radical (unpaired) electrons. The van der Waals surface area contributed by atoms with Crippen LogP contribution in [0.1, 0.15) is 90.5 Å². The monoisotopic (exact) mass is 352 g/mol. The average Bonchev–Trinajstić information content (AvgIpc) is 2.64. The maximum atomic E-state index is 4.36. The summed E-state index contributed by atoms with van der Waals surface area (Å²) in [6, 6.07) is 10.7. The number of hydrogen-bond donors (Lipinski definition) is 0. The lowest BCUT2D eigenvalue weighted by Crippen LogP contribution is -1.90. The zero-order valence-electron chi connectivity index (χ0n) is 17.5. The van der Waals surface area contributed by atoms with Gasteiger partial charge in [0.25, 0.3) is 0 Å². The van der Waals surface area contributed by atoms with Crippen molar-refractivity contribution in [3.63, 3.8) is 0 Å². The van der Waals surface area contributed by atoms with E-state index in [1.54, 1.807) is 0 Å². The fraction of sp³-hybridized carbons (Fsp3) is 0.538. The smallest absolute Gasteiger partial charge is 0.0244 e. The van der Waals surface area contributed by atoms with E-state index in [4.69, 9.17) is 0 Å². The van der Waals surface area contributed by atoms with E-state index in [9.17, 15) is 0 Å². The van der Waals surface area contributed by atoms with Gasteiger partial charge in [-0.2, -0.15) is 0 Å². The van der Waals surface area contributed by atoms with Gasteiger partial charge >= 0.3 is 0 Å². The molecule has 1 aromatic rings. The van der Waals surface area contributed by atoms with Crippen molar-refractivity contribution < 1.29 is 0 Å². The van der Waals surface area contributed by atoms with Gasteiger partial charge in [-0.1, -0.05) is 107 Å². The first-order valence-electron chi connectivity index (χ1n) is 10.7. The molecule has 0 heteroatoms. The Morgan fingerprint density at radius 1 is 0.885 bits per heavy atom. The Kier molecular flexibility index (Phi) is 12.6. The summed E-state index contributed by atoms with van der Waals surface area (Å²) >= 11 is 0. The summed E-state index contributed by atoms with van der Waals surface area (Å²) in [7, 11) is 0. The van der Waals surface area contributed by atoms with Gasteiger partial charge in [-0.3, -0.25) is 0 Å². The number of rotatable bonds is 14. The lowest BCUT2D eigenvalue weighted by atomic mass is 9.96. The second-order valence-electron chi connectivity index (χ2n) is 7.67. The van der Waals surface area contributed by atoms with Gasteiger partial charge in [-0.15, -0.1) is 0 Å². The second kappa shape index (κ2) is 14.6. The van der Waals surface area contributed by atoms with Crippen molar-refractivity contribution in [2.75, 3.05) is 0 Å². The Morgan fingerprint density at radius 3 is 2.12 bits per heavy atom. The van der Waals surface area contributed by atoms with Crippen LogP contribution >= 0.6 is 0 Å². The molecule has 1 aromatic carbocycles. The van der Waals surface area contributed by atoms with Crippen molar-refractivity contribution >= 4 is 0 Å². The maximum Gasteiger partial charge on any atom is -0.0244 e. The Balaban J connectivity index is 2.27. The topological polar surface area (TPSA) is 0 Å². The molecular formula is C26H40. The van der Waals surface area contributed by atoms with Crippen molar-refractivity contribution in [3.8, 4) is 0 Å². The molecule has 0 aliphatic rings. The highest BCUT2D eigenvalue weighted by Crippen LogP contribution is 2.21. The molecule has 0 bridgehead atoms. The van der Waals surface area contributed by atoms with Crippen LogP contribution in [0.5, 0.6) is 0 Å². The molecule has 0 N–H and O–H groups in total. The molecular weight excluding hydrogens is 312 g/mol. The van der Waals surface area contributed by atoms with Gasteiger partial charge in [0.1, 0.15) is 0 Å². The quantitative estimate of drug-likeness (QED) is 0.232. The molecule has 144 valence electrons. The lowest BCUT2D eigenvalue weighted by Gasteiger charge is -2.10. The van der Waals surface area contributed by atoms with Crippen LogP contribution in [-0.4, -0.2) is 0 Å². The van der Waals surface area contributed by atoms with E-state index in [0.717, 1.165) is 19.3 Å². The minimum atomic E-state index is 1.09. The highest BCUT2D eigenvalue weighted by Gasteiger charge is 2.02. The normalized spacial score (nSPS) is 11.0. The van der Waals surface area contributed by atoms with E-state index in [0.29, 0.717) is 0 Å². The third-order valence-corrected chi connectivity index (χ3v) is 4.98. The molecule has 1 rings (SSSR count). The number of unbranched alkanes of at least 4 members (excludes halogenated alkanes) is 7. The third kappa shape index (κ3) is 10.4. The summed E-state index contributed by atoms with van der Waals surface area (Å²) in [5.74, 6) is 0. The number of hydrogen-bond acceptors (Lipinski definition) is 0. The molecule has 26 heavy (non-hydrogen) atoms. The summed E-state index contributed by atoms with van der Waals surface area (Å²) in [5, 5.41) is 0. The van der Waals surface area contributed by atoms with Gasteiger partial charge in [-0.05, 0) is 56.2 Å². The number of aryl methyl sites for hydroxylation is 1. The number of benzene rings is 1. The largest absolute Gasteiger partial charge is 0.0952 e. The molecule has 0 fully saturated rings. The molecule has 0 unspecified atom stereocenters. The standard InChI is InChI=1S/C26H40/c1-5-6-7-8-9-10-11-13-18-24(4)26(23(2)3)22-17-16-21-25-19-14-12-15-20-25/h12,14-15,17,19-20,22H,4-11,13,16,18,21H2,1-3H3/b22-17+. The van der Waals surface area contributed by atoms with Gasteiger partial charge in [-0.25, -0.2) is 0 Å². The Bertz CT molecular complexity index is 541. The maximum absolute atomic E-state index is 4.36. The fourth-order valence-corrected chi connectivity index (χ4v) is 3.34. The highest BCUT2D eigenvalue weighted by molar-refractivity contribution is 5.40. The van der Waals surface area contributed by atoms with Crippen LogP contribution in [0.25, 0.3) is 0 Å². The zero-order chi connectivity index (χ0) is 19.0. The van der Waals surface area contributed by atoms with Crippen LogP contribution in [-0.2, 0) is 6.42 Å². The van der Waals surface area contributed by atoms with E-state index < -0.39 is 0 Å². The summed E-state index contributed by atoms with van der Waals surface area (Å²) in [6.45, 7) is 11.1. The van der Waals surface area contributed by atoms with Crippen molar-refractivity contribution in [2.24, 2.45) is 0 Å². The SMILES string of the molecule is C=C(CCCCCCCCCC)C(/C=C/CCc1ccccc1)=C(C)C. The first-order chi connectivity index (χ1) is 12.6. The lowest BCUT2D eigenvalue weighted by molar-refractivity contribution is 0.575. The zero-order valence-corrected chi connectivity index (χ0v) is 17.5. The molecule has 0 aliphatic carbocycles. The second-order valence-corrected chi connectivity index (χ2v) is 7.67. The van der Waals surface area contributed by atoms with Crippen molar-refractivity contribution in [1.29, 1.82) is 0 Å². The van der Waals surface area contributed by atoms with E-state index in [1.165, 1.54) is 73.6 Å². The summed E-state index contributed by atoms with van der Waals surface area (Å²) < 4.78 is 0. The minimum absolute atomic E-state index is 1.09. The van der Waals surface area contributed by atoms with Crippen LogP contribution in [0.4, 0.5) is 0 Å². The van der Waals surface area contributed by atoms with Gasteiger partial charge in [0.15, 0.2) is 0 Å². The first kappa shape index (κ1) is 22.5. The first-order valence-corrected chi connectivity index (χ1v) is 10.7. The minimum Gasteiger partial charge on any atom is -0.0952 e.